The van der Waals surface area contributed by atoms with E-state index >= 15 is 0 Å². The van der Waals surface area contributed by atoms with Crippen molar-refractivity contribution < 1.29 is 27.5 Å². The Hall–Kier alpha value is -2.09. The fraction of sp³-hybridized carbons (Fsp3) is 0.636. The van der Waals surface area contributed by atoms with E-state index in [9.17, 15) is 22.8 Å². The van der Waals surface area contributed by atoms with Crippen LogP contribution >= 0.6 is 0 Å². The summed E-state index contributed by atoms with van der Waals surface area (Å²) in [6, 6.07) is 4.73. The van der Waals surface area contributed by atoms with Crippen LogP contribution < -0.4 is 0 Å². The number of hydrogen-bond acceptors (Lipinski definition) is 3. The van der Waals surface area contributed by atoms with Crippen molar-refractivity contribution in [3.05, 3.63) is 35.4 Å². The Balaban J connectivity index is 1.43. The number of piperidine rings is 2. The molecule has 4 rings (SSSR count). The molecule has 1 aromatic rings. The summed E-state index contributed by atoms with van der Waals surface area (Å²) in [5, 5.41) is 0. The molecule has 5 nitrogen and oxygen atoms in total. The molecule has 0 unspecified atom stereocenters. The SMILES string of the molecule is O=C(c1cccc(C(F)(F)F)c1)N1CC[C@@H]2[C@H](CCCN2C(=O)C2CCOCC2)C1. The molecule has 3 aliphatic rings. The van der Waals surface area contributed by atoms with E-state index in [1.54, 1.807) is 4.90 Å². The van der Waals surface area contributed by atoms with Crippen LogP contribution in [0.5, 0.6) is 0 Å². The smallest absolute Gasteiger partial charge is 0.381 e. The maximum Gasteiger partial charge on any atom is 0.416 e. The standard InChI is InChI=1S/C22H27F3N2O3/c23-22(24,25)18-5-1-3-16(13-18)20(28)26-10-6-19-17(14-26)4-2-9-27(19)21(29)15-7-11-30-12-8-15/h1,3,5,13,15,17,19H,2,4,6-12,14H2/t17-,19-/m1/s1. The van der Waals surface area contributed by atoms with Gasteiger partial charge in [0.15, 0.2) is 0 Å². The molecule has 0 radical (unpaired) electrons. The van der Waals surface area contributed by atoms with Crippen LogP contribution in [0.2, 0.25) is 0 Å². The molecule has 3 fully saturated rings. The number of carbonyl (C=O) groups is 2. The van der Waals surface area contributed by atoms with E-state index in [0.717, 1.165) is 44.4 Å². The first-order chi connectivity index (χ1) is 14.3. The van der Waals surface area contributed by atoms with E-state index in [1.807, 2.05) is 4.90 Å². The summed E-state index contributed by atoms with van der Waals surface area (Å²) >= 11 is 0. The van der Waals surface area contributed by atoms with Crippen molar-refractivity contribution in [3.8, 4) is 0 Å². The minimum absolute atomic E-state index is 0.0160. The molecule has 1 aromatic carbocycles. The number of ether oxygens (including phenoxy) is 1. The van der Waals surface area contributed by atoms with Crippen LogP contribution in [-0.4, -0.2) is 60.5 Å². The zero-order chi connectivity index (χ0) is 21.3. The second-order valence-corrected chi connectivity index (χ2v) is 8.51. The molecular formula is C22H27F3N2O3. The summed E-state index contributed by atoms with van der Waals surface area (Å²) in [6.45, 7) is 2.93. The predicted molar refractivity (Wildman–Crippen MR) is 104 cm³/mol. The van der Waals surface area contributed by atoms with Crippen LogP contribution in [0.4, 0.5) is 13.2 Å². The summed E-state index contributed by atoms with van der Waals surface area (Å²) < 4.78 is 44.4. The average molecular weight is 424 g/mol. The number of halogens is 3. The summed E-state index contributed by atoms with van der Waals surface area (Å²) in [4.78, 5) is 29.6. The molecule has 0 aromatic heterocycles. The highest BCUT2D eigenvalue weighted by atomic mass is 19.4. The van der Waals surface area contributed by atoms with Gasteiger partial charge >= 0.3 is 6.18 Å². The van der Waals surface area contributed by atoms with Crippen molar-refractivity contribution in [2.24, 2.45) is 11.8 Å². The third-order valence-electron chi connectivity index (χ3n) is 6.65. The van der Waals surface area contributed by atoms with Crippen molar-refractivity contribution in [1.82, 2.24) is 9.80 Å². The summed E-state index contributed by atoms with van der Waals surface area (Å²) in [6.07, 6.45) is -0.474. The van der Waals surface area contributed by atoms with Crippen molar-refractivity contribution in [2.45, 2.75) is 44.3 Å². The van der Waals surface area contributed by atoms with Gasteiger partial charge in [0.2, 0.25) is 5.91 Å². The number of nitrogens with zero attached hydrogens (tertiary/aromatic N) is 2. The maximum absolute atomic E-state index is 13.1. The molecule has 0 N–H and O–H groups in total. The summed E-state index contributed by atoms with van der Waals surface area (Å²) in [7, 11) is 0. The first kappa shape index (κ1) is 21.2. The van der Waals surface area contributed by atoms with Gasteiger partial charge < -0.3 is 14.5 Å². The van der Waals surface area contributed by atoms with Crippen molar-refractivity contribution in [1.29, 1.82) is 0 Å². The minimum atomic E-state index is -4.47. The number of hydrogen-bond donors (Lipinski definition) is 0. The van der Waals surface area contributed by atoms with Gasteiger partial charge in [-0.15, -0.1) is 0 Å². The van der Waals surface area contributed by atoms with Gasteiger partial charge in [0.1, 0.15) is 0 Å². The van der Waals surface area contributed by atoms with Crippen LogP contribution in [0.25, 0.3) is 0 Å². The van der Waals surface area contributed by atoms with Crippen LogP contribution in [0.3, 0.4) is 0 Å². The van der Waals surface area contributed by atoms with Gasteiger partial charge in [0.05, 0.1) is 5.56 Å². The van der Waals surface area contributed by atoms with E-state index < -0.39 is 11.7 Å². The molecule has 30 heavy (non-hydrogen) atoms. The Kier molecular flexibility index (Phi) is 6.04. The quantitative estimate of drug-likeness (QED) is 0.729. The number of fused-ring (bicyclic) bond motifs is 1. The molecule has 0 bridgehead atoms. The largest absolute Gasteiger partial charge is 0.416 e. The summed E-state index contributed by atoms with van der Waals surface area (Å²) in [5.41, 5.74) is -0.747. The molecular weight excluding hydrogens is 397 g/mol. The first-order valence-electron chi connectivity index (χ1n) is 10.7. The normalized spacial score (nSPS) is 25.7. The molecule has 8 heteroatoms. The second-order valence-electron chi connectivity index (χ2n) is 8.51. The highest BCUT2D eigenvalue weighted by molar-refractivity contribution is 5.94. The number of alkyl halides is 3. The molecule has 3 aliphatic heterocycles. The Bertz CT molecular complexity index is 792. The van der Waals surface area contributed by atoms with E-state index in [0.29, 0.717) is 32.7 Å². The Morgan fingerprint density at radius 2 is 1.80 bits per heavy atom. The van der Waals surface area contributed by atoms with Crippen LogP contribution in [0, 0.1) is 11.8 Å². The first-order valence-corrected chi connectivity index (χ1v) is 10.7. The highest BCUT2D eigenvalue weighted by Gasteiger charge is 2.41. The fourth-order valence-electron chi connectivity index (χ4n) is 5.05. The zero-order valence-electron chi connectivity index (χ0n) is 16.9. The number of benzene rings is 1. The van der Waals surface area contributed by atoms with Gasteiger partial charge in [-0.3, -0.25) is 9.59 Å². The van der Waals surface area contributed by atoms with Gasteiger partial charge in [0, 0.05) is 50.4 Å². The monoisotopic (exact) mass is 424 g/mol. The van der Waals surface area contributed by atoms with Gasteiger partial charge in [-0.2, -0.15) is 13.2 Å². The Labute approximate surface area is 174 Å². The molecule has 0 aliphatic carbocycles. The number of carbonyl (C=O) groups excluding carboxylic acids is 2. The summed E-state index contributed by atoms with van der Waals surface area (Å²) in [5.74, 6) is 0.0198. The molecule has 164 valence electrons. The number of rotatable bonds is 2. The lowest BCUT2D eigenvalue weighted by atomic mass is 9.82. The maximum atomic E-state index is 13.1. The lowest BCUT2D eigenvalue weighted by Crippen LogP contribution is -2.57. The van der Waals surface area contributed by atoms with Crippen molar-refractivity contribution in [2.75, 3.05) is 32.8 Å². The molecule has 3 heterocycles. The van der Waals surface area contributed by atoms with Crippen molar-refractivity contribution >= 4 is 11.8 Å². The number of likely N-dealkylation sites (tertiary alicyclic amines) is 2. The van der Waals surface area contributed by atoms with Gasteiger partial charge in [-0.25, -0.2) is 0 Å². The Morgan fingerprint density at radius 1 is 1.03 bits per heavy atom. The van der Waals surface area contributed by atoms with Gasteiger partial charge in [-0.1, -0.05) is 6.07 Å². The lowest BCUT2D eigenvalue weighted by molar-refractivity contribution is -0.145. The molecule has 0 saturated carbocycles. The lowest BCUT2D eigenvalue weighted by Gasteiger charge is -2.48. The van der Waals surface area contributed by atoms with E-state index in [2.05, 4.69) is 0 Å². The third-order valence-corrected chi connectivity index (χ3v) is 6.65. The average Bonchev–Trinajstić information content (AvgIpc) is 2.77. The number of amides is 2. The Morgan fingerprint density at radius 3 is 2.53 bits per heavy atom. The highest BCUT2D eigenvalue weighted by Crippen LogP contribution is 2.34. The fourth-order valence-corrected chi connectivity index (χ4v) is 5.05. The minimum Gasteiger partial charge on any atom is -0.381 e. The molecule has 0 spiro atoms. The molecule has 2 amide bonds. The topological polar surface area (TPSA) is 49.9 Å². The van der Waals surface area contributed by atoms with Gasteiger partial charge in [0.25, 0.3) is 5.91 Å². The van der Waals surface area contributed by atoms with Crippen molar-refractivity contribution in [3.63, 3.8) is 0 Å². The van der Waals surface area contributed by atoms with E-state index in [-0.39, 0.29) is 35.3 Å². The molecule has 2 atom stereocenters. The van der Waals surface area contributed by atoms with E-state index in [1.165, 1.54) is 12.1 Å². The molecule has 3 saturated heterocycles. The second kappa shape index (κ2) is 8.57. The third kappa shape index (κ3) is 4.33. The van der Waals surface area contributed by atoms with Gasteiger partial charge in [-0.05, 0) is 56.2 Å². The van der Waals surface area contributed by atoms with Crippen LogP contribution in [0.1, 0.15) is 48.0 Å². The van der Waals surface area contributed by atoms with E-state index in [4.69, 9.17) is 4.74 Å². The zero-order valence-corrected chi connectivity index (χ0v) is 16.9. The van der Waals surface area contributed by atoms with Crippen LogP contribution in [0.15, 0.2) is 24.3 Å². The van der Waals surface area contributed by atoms with Crippen LogP contribution in [-0.2, 0) is 15.7 Å². The predicted octanol–water partition coefficient (Wildman–Crippen LogP) is 3.59.